The molecule has 1 fully saturated rings. The first-order valence-electron chi connectivity index (χ1n) is 7.57. The van der Waals surface area contributed by atoms with Gasteiger partial charge in [-0.15, -0.1) is 11.3 Å². The van der Waals surface area contributed by atoms with Gasteiger partial charge in [0.1, 0.15) is 0 Å². The van der Waals surface area contributed by atoms with Gasteiger partial charge < -0.3 is 5.32 Å². The summed E-state index contributed by atoms with van der Waals surface area (Å²) in [6.45, 7) is 3.32. The Morgan fingerprint density at radius 1 is 1.26 bits per heavy atom. The van der Waals surface area contributed by atoms with Crippen molar-refractivity contribution >= 4 is 21.4 Å². The first-order valence-corrected chi connectivity index (χ1v) is 8.45. The molecule has 1 atom stereocenters. The Bertz CT molecular complexity index is 525. The van der Waals surface area contributed by atoms with Gasteiger partial charge in [0, 0.05) is 10.7 Å². The third kappa shape index (κ3) is 2.85. The van der Waals surface area contributed by atoms with Crippen LogP contribution in [0.5, 0.6) is 0 Å². The molecule has 0 radical (unpaired) electrons. The van der Waals surface area contributed by atoms with Crippen molar-refractivity contribution in [3.05, 3.63) is 35.2 Å². The van der Waals surface area contributed by atoms with Crippen molar-refractivity contribution in [3.8, 4) is 0 Å². The van der Waals surface area contributed by atoms with Crippen LogP contribution in [0.25, 0.3) is 10.1 Å². The van der Waals surface area contributed by atoms with Gasteiger partial charge in [-0.2, -0.15) is 0 Å². The molecule has 1 nitrogen and oxygen atoms in total. The highest BCUT2D eigenvalue weighted by Gasteiger charge is 2.25. The molecule has 1 aliphatic rings. The number of nitrogens with one attached hydrogen (secondary N) is 1. The Balaban J connectivity index is 1.80. The lowest BCUT2D eigenvalue weighted by atomic mass is 9.92. The summed E-state index contributed by atoms with van der Waals surface area (Å²) in [5.74, 6) is 0.888. The summed E-state index contributed by atoms with van der Waals surface area (Å²) in [5, 5.41) is 7.56. The fraction of sp³-hybridized carbons (Fsp3) is 0.529. The largest absolute Gasteiger partial charge is 0.314 e. The molecule has 1 aliphatic carbocycles. The topological polar surface area (TPSA) is 12.0 Å². The van der Waals surface area contributed by atoms with Crippen LogP contribution in [-0.4, -0.2) is 12.6 Å². The van der Waals surface area contributed by atoms with E-state index in [-0.39, 0.29) is 0 Å². The van der Waals surface area contributed by atoms with Crippen molar-refractivity contribution < 1.29 is 0 Å². The van der Waals surface area contributed by atoms with Crippen molar-refractivity contribution in [2.45, 2.75) is 45.1 Å². The van der Waals surface area contributed by atoms with E-state index in [4.69, 9.17) is 0 Å². The lowest BCUT2D eigenvalue weighted by Crippen LogP contribution is -2.36. The van der Waals surface area contributed by atoms with Gasteiger partial charge in [0.05, 0.1) is 0 Å². The highest BCUT2D eigenvalue weighted by Crippen LogP contribution is 2.32. The monoisotopic (exact) mass is 273 g/mol. The van der Waals surface area contributed by atoms with E-state index in [1.165, 1.54) is 42.2 Å². The number of hydrogen-bond donors (Lipinski definition) is 1. The first kappa shape index (κ1) is 13.1. The van der Waals surface area contributed by atoms with Crippen LogP contribution in [0.4, 0.5) is 0 Å². The normalized spacial score (nSPS) is 18.2. The molecule has 1 saturated carbocycles. The maximum atomic E-state index is 3.73. The standard InChI is InChI=1S/C17H23NS/c1-2-18-16(13-7-3-4-8-13)11-14-12-19-17-10-6-5-9-15(14)17/h5-6,9-10,12-13,16,18H,2-4,7-8,11H2,1H3. The molecule has 0 amide bonds. The lowest BCUT2D eigenvalue weighted by Gasteiger charge is -2.24. The maximum absolute atomic E-state index is 3.73. The van der Waals surface area contributed by atoms with Gasteiger partial charge in [-0.25, -0.2) is 0 Å². The Morgan fingerprint density at radius 3 is 2.84 bits per heavy atom. The zero-order valence-corrected chi connectivity index (χ0v) is 12.5. The number of benzene rings is 1. The molecule has 0 spiro atoms. The summed E-state index contributed by atoms with van der Waals surface area (Å²) in [5.41, 5.74) is 1.54. The van der Waals surface area contributed by atoms with E-state index in [9.17, 15) is 0 Å². The molecule has 1 N–H and O–H groups in total. The van der Waals surface area contributed by atoms with Crippen LogP contribution in [0.3, 0.4) is 0 Å². The SMILES string of the molecule is CCNC(Cc1csc2ccccc12)C1CCCC1. The molecule has 2 aromatic rings. The zero-order chi connectivity index (χ0) is 13.1. The summed E-state index contributed by atoms with van der Waals surface area (Å²) in [6, 6.07) is 9.49. The minimum atomic E-state index is 0.672. The summed E-state index contributed by atoms with van der Waals surface area (Å²) in [4.78, 5) is 0. The molecule has 19 heavy (non-hydrogen) atoms. The quantitative estimate of drug-likeness (QED) is 0.838. The Labute approximate surface area is 120 Å². The zero-order valence-electron chi connectivity index (χ0n) is 11.7. The van der Waals surface area contributed by atoms with Gasteiger partial charge in [-0.3, -0.25) is 0 Å². The molecular formula is C17H23NS. The molecule has 1 aromatic carbocycles. The van der Waals surface area contributed by atoms with Crippen LogP contribution < -0.4 is 5.32 Å². The van der Waals surface area contributed by atoms with Crippen LogP contribution in [-0.2, 0) is 6.42 Å². The fourth-order valence-electron chi connectivity index (χ4n) is 3.46. The molecule has 1 heterocycles. The van der Waals surface area contributed by atoms with Gasteiger partial charge in [-0.05, 0) is 54.1 Å². The van der Waals surface area contributed by atoms with E-state index in [2.05, 4.69) is 41.9 Å². The van der Waals surface area contributed by atoms with Gasteiger partial charge in [0.15, 0.2) is 0 Å². The number of hydrogen-bond acceptors (Lipinski definition) is 2. The summed E-state index contributed by atoms with van der Waals surface area (Å²) < 4.78 is 1.43. The highest BCUT2D eigenvalue weighted by molar-refractivity contribution is 7.17. The minimum Gasteiger partial charge on any atom is -0.314 e. The molecule has 2 heteroatoms. The van der Waals surface area contributed by atoms with Crippen LogP contribution in [0, 0.1) is 5.92 Å². The van der Waals surface area contributed by atoms with Gasteiger partial charge in [0.25, 0.3) is 0 Å². The average Bonchev–Trinajstić information content (AvgIpc) is 3.08. The number of likely N-dealkylation sites (N-methyl/N-ethyl adjacent to an activating group) is 1. The predicted molar refractivity (Wildman–Crippen MR) is 85.0 cm³/mol. The summed E-state index contributed by atoms with van der Waals surface area (Å²) >= 11 is 1.89. The van der Waals surface area contributed by atoms with E-state index in [1.807, 2.05) is 11.3 Å². The van der Waals surface area contributed by atoms with Crippen LogP contribution in [0.1, 0.15) is 38.2 Å². The second-order valence-electron chi connectivity index (χ2n) is 5.67. The molecule has 0 bridgehead atoms. The first-order chi connectivity index (χ1) is 9.38. The van der Waals surface area contributed by atoms with Crippen molar-refractivity contribution in [2.75, 3.05) is 6.54 Å². The predicted octanol–water partition coefficient (Wildman–Crippen LogP) is 4.61. The highest BCUT2D eigenvalue weighted by atomic mass is 32.1. The number of thiophene rings is 1. The molecule has 102 valence electrons. The van der Waals surface area contributed by atoms with Crippen molar-refractivity contribution in [1.29, 1.82) is 0 Å². The van der Waals surface area contributed by atoms with Crippen LogP contribution in [0.2, 0.25) is 0 Å². The molecule has 0 aliphatic heterocycles. The van der Waals surface area contributed by atoms with Crippen molar-refractivity contribution in [1.82, 2.24) is 5.32 Å². The van der Waals surface area contributed by atoms with E-state index >= 15 is 0 Å². The van der Waals surface area contributed by atoms with Crippen LogP contribution in [0.15, 0.2) is 29.6 Å². The smallest absolute Gasteiger partial charge is 0.0345 e. The Hall–Kier alpha value is -0.860. The van der Waals surface area contributed by atoms with E-state index < -0.39 is 0 Å². The average molecular weight is 273 g/mol. The lowest BCUT2D eigenvalue weighted by molar-refractivity contribution is 0.363. The second kappa shape index (κ2) is 6.06. The van der Waals surface area contributed by atoms with Crippen LogP contribution >= 0.6 is 11.3 Å². The number of rotatable bonds is 5. The fourth-order valence-corrected chi connectivity index (χ4v) is 4.43. The molecule has 0 saturated heterocycles. The van der Waals surface area contributed by atoms with Crippen molar-refractivity contribution in [3.63, 3.8) is 0 Å². The van der Waals surface area contributed by atoms with Gasteiger partial charge >= 0.3 is 0 Å². The van der Waals surface area contributed by atoms with E-state index in [1.54, 1.807) is 5.56 Å². The molecule has 3 rings (SSSR count). The molecular weight excluding hydrogens is 250 g/mol. The molecule has 1 aromatic heterocycles. The summed E-state index contributed by atoms with van der Waals surface area (Å²) in [6.07, 6.45) is 6.88. The Morgan fingerprint density at radius 2 is 2.05 bits per heavy atom. The van der Waals surface area contributed by atoms with E-state index in [0.717, 1.165) is 12.5 Å². The third-order valence-corrected chi connectivity index (χ3v) is 5.45. The molecule has 1 unspecified atom stereocenters. The maximum Gasteiger partial charge on any atom is 0.0345 e. The third-order valence-electron chi connectivity index (χ3n) is 4.44. The number of fused-ring (bicyclic) bond motifs is 1. The van der Waals surface area contributed by atoms with E-state index in [0.29, 0.717) is 6.04 Å². The Kier molecular flexibility index (Phi) is 4.19. The second-order valence-corrected chi connectivity index (χ2v) is 6.58. The van der Waals surface area contributed by atoms with Crippen molar-refractivity contribution in [2.24, 2.45) is 5.92 Å². The van der Waals surface area contributed by atoms with Gasteiger partial charge in [0.2, 0.25) is 0 Å². The van der Waals surface area contributed by atoms with Gasteiger partial charge in [-0.1, -0.05) is 38.0 Å². The minimum absolute atomic E-state index is 0.672. The summed E-state index contributed by atoms with van der Waals surface area (Å²) in [7, 11) is 0.